The van der Waals surface area contributed by atoms with E-state index in [0.29, 0.717) is 18.8 Å². The van der Waals surface area contributed by atoms with Crippen molar-refractivity contribution in [2.24, 2.45) is 0 Å². The minimum absolute atomic E-state index is 0.0432. The largest absolute Gasteiger partial charge is 0.323 e. The molecule has 1 N–H and O–H groups in total. The number of sulfonamides is 1. The SMILES string of the molecule is CCN(CC)S(=O)(=O)c1ccc(Cl)c(NC(=O)CN2C(=O)CSc3ccccc32)c1. The fourth-order valence-corrected chi connectivity index (χ4v) is 5.72. The van der Waals surface area contributed by atoms with Gasteiger partial charge in [-0.05, 0) is 30.3 Å². The molecule has 1 aliphatic rings. The van der Waals surface area contributed by atoms with Gasteiger partial charge in [0.1, 0.15) is 6.54 Å². The summed E-state index contributed by atoms with van der Waals surface area (Å²) in [4.78, 5) is 27.4. The Morgan fingerprint density at radius 1 is 1.20 bits per heavy atom. The van der Waals surface area contributed by atoms with Crippen LogP contribution < -0.4 is 10.2 Å². The molecule has 0 aromatic heterocycles. The van der Waals surface area contributed by atoms with Gasteiger partial charge in [-0.3, -0.25) is 9.59 Å². The number of carbonyl (C=O) groups is 2. The highest BCUT2D eigenvalue weighted by atomic mass is 35.5. The molecule has 30 heavy (non-hydrogen) atoms. The Hall–Kier alpha value is -2.07. The first kappa shape index (κ1) is 22.6. The number of nitrogens with zero attached hydrogens (tertiary/aromatic N) is 2. The molecule has 0 fully saturated rings. The number of hydrogen-bond acceptors (Lipinski definition) is 5. The molecule has 10 heteroatoms. The van der Waals surface area contributed by atoms with Crippen molar-refractivity contribution in [3.8, 4) is 0 Å². The fraction of sp³-hybridized carbons (Fsp3) is 0.300. The van der Waals surface area contributed by atoms with E-state index in [-0.39, 0.29) is 33.8 Å². The molecule has 0 radical (unpaired) electrons. The van der Waals surface area contributed by atoms with Crippen molar-refractivity contribution < 1.29 is 18.0 Å². The van der Waals surface area contributed by atoms with E-state index in [1.165, 1.54) is 39.2 Å². The summed E-state index contributed by atoms with van der Waals surface area (Å²) in [6.07, 6.45) is 0. The minimum atomic E-state index is -3.70. The molecule has 1 aliphatic heterocycles. The molecule has 2 amide bonds. The number of thioether (sulfide) groups is 1. The molecule has 1 heterocycles. The smallest absolute Gasteiger partial charge is 0.244 e. The second-order valence-corrected chi connectivity index (χ2v) is 9.88. The first-order valence-electron chi connectivity index (χ1n) is 9.39. The maximum absolute atomic E-state index is 12.8. The van der Waals surface area contributed by atoms with E-state index < -0.39 is 15.9 Å². The summed E-state index contributed by atoms with van der Waals surface area (Å²) in [7, 11) is -3.70. The number of carbonyl (C=O) groups excluding carboxylic acids is 2. The summed E-state index contributed by atoms with van der Waals surface area (Å²) >= 11 is 7.61. The van der Waals surface area contributed by atoms with Gasteiger partial charge in [0.15, 0.2) is 0 Å². The summed E-state index contributed by atoms with van der Waals surface area (Å²) < 4.78 is 26.8. The molecule has 0 bridgehead atoms. The minimum Gasteiger partial charge on any atom is -0.323 e. The number of rotatable bonds is 7. The number of benzene rings is 2. The first-order chi connectivity index (χ1) is 14.3. The van der Waals surface area contributed by atoms with Crippen LogP contribution in [0.2, 0.25) is 5.02 Å². The van der Waals surface area contributed by atoms with Crippen LogP contribution in [-0.2, 0) is 19.6 Å². The zero-order chi connectivity index (χ0) is 21.9. The highest BCUT2D eigenvalue weighted by Gasteiger charge is 2.27. The van der Waals surface area contributed by atoms with E-state index in [2.05, 4.69) is 5.32 Å². The lowest BCUT2D eigenvalue weighted by Gasteiger charge is -2.28. The van der Waals surface area contributed by atoms with Crippen molar-refractivity contribution in [1.82, 2.24) is 4.31 Å². The molecule has 3 rings (SSSR count). The first-order valence-corrected chi connectivity index (χ1v) is 12.2. The van der Waals surface area contributed by atoms with Gasteiger partial charge in [0.25, 0.3) is 0 Å². The molecular weight excluding hydrogens is 446 g/mol. The predicted octanol–water partition coefficient (Wildman–Crippen LogP) is 3.45. The molecule has 0 aliphatic carbocycles. The quantitative estimate of drug-likeness (QED) is 0.674. The second-order valence-electron chi connectivity index (χ2n) is 6.52. The lowest BCUT2D eigenvalue weighted by molar-refractivity contribution is -0.120. The molecule has 0 saturated heterocycles. The second kappa shape index (κ2) is 9.38. The zero-order valence-electron chi connectivity index (χ0n) is 16.6. The van der Waals surface area contributed by atoms with E-state index >= 15 is 0 Å². The van der Waals surface area contributed by atoms with Gasteiger partial charge in [0.05, 0.1) is 27.0 Å². The third kappa shape index (κ3) is 4.64. The number of halogens is 1. The Morgan fingerprint density at radius 2 is 1.90 bits per heavy atom. The third-order valence-corrected chi connectivity index (χ3v) is 8.09. The number of nitrogens with one attached hydrogen (secondary N) is 1. The van der Waals surface area contributed by atoms with Crippen molar-refractivity contribution in [3.63, 3.8) is 0 Å². The summed E-state index contributed by atoms with van der Waals surface area (Å²) in [5.74, 6) is -0.384. The normalized spacial score (nSPS) is 14.0. The van der Waals surface area contributed by atoms with Gasteiger partial charge in [0, 0.05) is 18.0 Å². The zero-order valence-corrected chi connectivity index (χ0v) is 19.0. The van der Waals surface area contributed by atoms with Crippen LogP contribution in [-0.4, -0.2) is 49.9 Å². The molecule has 7 nitrogen and oxygen atoms in total. The topological polar surface area (TPSA) is 86.8 Å². The van der Waals surface area contributed by atoms with Gasteiger partial charge < -0.3 is 10.2 Å². The standard InChI is InChI=1S/C20H22ClN3O4S2/c1-3-23(4-2)30(27,28)14-9-10-15(21)16(11-14)22-19(25)12-24-17-7-5-6-8-18(17)29-13-20(24)26/h5-11H,3-4,12-13H2,1-2H3,(H,22,25). The molecule has 160 valence electrons. The highest BCUT2D eigenvalue weighted by molar-refractivity contribution is 8.00. The molecule has 0 atom stereocenters. The number of para-hydroxylation sites is 1. The fourth-order valence-electron chi connectivity index (χ4n) is 3.13. The van der Waals surface area contributed by atoms with Gasteiger partial charge in [-0.2, -0.15) is 4.31 Å². The lowest BCUT2D eigenvalue weighted by atomic mass is 10.2. The van der Waals surface area contributed by atoms with Gasteiger partial charge in [-0.25, -0.2) is 8.42 Å². The van der Waals surface area contributed by atoms with E-state index in [9.17, 15) is 18.0 Å². The van der Waals surface area contributed by atoms with Gasteiger partial charge in [-0.1, -0.05) is 37.6 Å². The van der Waals surface area contributed by atoms with Crippen LogP contribution in [0.3, 0.4) is 0 Å². The number of fused-ring (bicyclic) bond motifs is 1. The average Bonchev–Trinajstić information content (AvgIpc) is 2.72. The molecular formula is C20H22ClN3O4S2. The maximum atomic E-state index is 12.8. The van der Waals surface area contributed by atoms with Crippen molar-refractivity contribution in [2.75, 3.05) is 35.6 Å². The molecule has 2 aromatic rings. The summed E-state index contributed by atoms with van der Waals surface area (Å²) in [5.41, 5.74) is 0.861. The van der Waals surface area contributed by atoms with Crippen molar-refractivity contribution >= 4 is 56.6 Å². The number of amides is 2. The van der Waals surface area contributed by atoms with E-state index in [1.54, 1.807) is 26.0 Å². The predicted molar refractivity (Wildman–Crippen MR) is 120 cm³/mol. The van der Waals surface area contributed by atoms with Crippen LogP contribution >= 0.6 is 23.4 Å². The van der Waals surface area contributed by atoms with Crippen LogP contribution in [0.5, 0.6) is 0 Å². The van der Waals surface area contributed by atoms with Crippen LogP contribution in [0.1, 0.15) is 13.8 Å². The van der Waals surface area contributed by atoms with Crippen molar-refractivity contribution in [1.29, 1.82) is 0 Å². The van der Waals surface area contributed by atoms with Crippen molar-refractivity contribution in [3.05, 3.63) is 47.5 Å². The Kier molecular flexibility index (Phi) is 7.07. The van der Waals surface area contributed by atoms with Gasteiger partial charge in [-0.15, -0.1) is 11.8 Å². The maximum Gasteiger partial charge on any atom is 0.244 e. The number of hydrogen-bond donors (Lipinski definition) is 1. The van der Waals surface area contributed by atoms with Crippen molar-refractivity contribution in [2.45, 2.75) is 23.6 Å². The molecule has 0 unspecified atom stereocenters. The average molecular weight is 468 g/mol. The third-order valence-electron chi connectivity index (χ3n) is 4.67. The monoisotopic (exact) mass is 467 g/mol. The Bertz CT molecular complexity index is 1070. The summed E-state index contributed by atoms with van der Waals surface area (Å²) in [5, 5.41) is 2.85. The number of anilines is 2. The van der Waals surface area contributed by atoms with Gasteiger partial charge in [0.2, 0.25) is 21.8 Å². The van der Waals surface area contributed by atoms with Crippen LogP contribution in [0.4, 0.5) is 11.4 Å². The van der Waals surface area contributed by atoms with E-state index in [4.69, 9.17) is 11.6 Å². The van der Waals surface area contributed by atoms with Crippen LogP contribution in [0, 0.1) is 0 Å². The summed E-state index contributed by atoms with van der Waals surface area (Å²) in [6.45, 7) is 3.98. The van der Waals surface area contributed by atoms with Crippen LogP contribution in [0.15, 0.2) is 52.3 Å². The van der Waals surface area contributed by atoms with Crippen LogP contribution in [0.25, 0.3) is 0 Å². The molecule has 0 saturated carbocycles. The summed E-state index contributed by atoms with van der Waals surface area (Å²) in [6, 6.07) is 11.6. The Labute approximate surface area is 185 Å². The lowest BCUT2D eigenvalue weighted by Crippen LogP contribution is -2.41. The Balaban J connectivity index is 1.82. The van der Waals surface area contributed by atoms with E-state index in [0.717, 1.165) is 4.90 Å². The van der Waals surface area contributed by atoms with E-state index in [1.807, 2.05) is 12.1 Å². The Morgan fingerprint density at radius 3 is 2.60 bits per heavy atom. The van der Waals surface area contributed by atoms with Gasteiger partial charge >= 0.3 is 0 Å². The molecule has 0 spiro atoms. The highest BCUT2D eigenvalue weighted by Crippen LogP contribution is 2.35. The molecule has 2 aromatic carbocycles.